The number of rotatable bonds is 7. The summed E-state index contributed by atoms with van der Waals surface area (Å²) in [7, 11) is 4.00. The number of pyridine rings is 1. The van der Waals surface area contributed by atoms with Gasteiger partial charge in [-0.15, -0.1) is 0 Å². The van der Waals surface area contributed by atoms with Crippen molar-refractivity contribution in [1.82, 2.24) is 20.5 Å². The van der Waals surface area contributed by atoms with E-state index < -0.39 is 11.8 Å². The Morgan fingerprint density at radius 3 is 2.30 bits per heavy atom. The monoisotopic (exact) mass is 411 g/mol. The lowest BCUT2D eigenvalue weighted by atomic mass is 10.0. The molecule has 1 aliphatic heterocycles. The summed E-state index contributed by atoms with van der Waals surface area (Å²) in [6.07, 6.45) is 3.30. The van der Waals surface area contributed by atoms with Gasteiger partial charge in [-0.2, -0.15) is 0 Å². The first-order valence-electron chi connectivity index (χ1n) is 10.1. The number of benzene rings is 1. The van der Waals surface area contributed by atoms with Crippen LogP contribution in [0.2, 0.25) is 0 Å². The molecule has 2 heterocycles. The van der Waals surface area contributed by atoms with Crippen molar-refractivity contribution < 1.29 is 14.3 Å². The van der Waals surface area contributed by atoms with Crippen LogP contribution in [0.15, 0.2) is 48.8 Å². The van der Waals surface area contributed by atoms with E-state index in [2.05, 4.69) is 44.8 Å². The molecule has 0 aliphatic carbocycles. The van der Waals surface area contributed by atoms with Crippen molar-refractivity contribution in [3.63, 3.8) is 0 Å². The highest BCUT2D eigenvalue weighted by Gasteiger charge is 2.24. The van der Waals surface area contributed by atoms with Crippen molar-refractivity contribution in [1.29, 1.82) is 0 Å². The largest absolute Gasteiger partial charge is 0.379 e. The number of morpholine rings is 1. The molecule has 1 atom stereocenters. The van der Waals surface area contributed by atoms with Crippen molar-refractivity contribution >= 4 is 17.5 Å². The Labute approximate surface area is 177 Å². The zero-order valence-electron chi connectivity index (χ0n) is 17.5. The maximum atomic E-state index is 12.3. The Balaban J connectivity index is 1.61. The maximum Gasteiger partial charge on any atom is 0.309 e. The minimum Gasteiger partial charge on any atom is -0.379 e. The lowest BCUT2D eigenvalue weighted by Gasteiger charge is -2.35. The Hall–Kier alpha value is -2.97. The fourth-order valence-electron chi connectivity index (χ4n) is 3.37. The molecule has 0 saturated carbocycles. The third kappa shape index (κ3) is 6.01. The second-order valence-electron chi connectivity index (χ2n) is 7.40. The Kier molecular flexibility index (Phi) is 7.75. The first-order valence-corrected chi connectivity index (χ1v) is 10.1. The van der Waals surface area contributed by atoms with Crippen molar-refractivity contribution in [3.8, 4) is 0 Å². The van der Waals surface area contributed by atoms with E-state index in [-0.39, 0.29) is 12.6 Å². The van der Waals surface area contributed by atoms with Crippen LogP contribution in [0.1, 0.15) is 17.2 Å². The first-order chi connectivity index (χ1) is 14.5. The molecule has 8 nitrogen and oxygen atoms in total. The molecule has 160 valence electrons. The van der Waals surface area contributed by atoms with Crippen LogP contribution in [0.25, 0.3) is 0 Å². The average Bonchev–Trinajstić information content (AvgIpc) is 2.79. The molecule has 0 radical (unpaired) electrons. The van der Waals surface area contributed by atoms with Crippen LogP contribution in [0.4, 0.5) is 5.69 Å². The summed E-state index contributed by atoms with van der Waals surface area (Å²) in [5, 5.41) is 5.44. The number of hydrogen-bond donors (Lipinski definition) is 2. The molecule has 2 aromatic rings. The van der Waals surface area contributed by atoms with Gasteiger partial charge in [-0.05, 0) is 35.4 Å². The molecule has 2 N–H and O–H groups in total. The molecule has 1 aromatic carbocycles. The highest BCUT2D eigenvalue weighted by molar-refractivity contribution is 6.35. The van der Waals surface area contributed by atoms with Gasteiger partial charge in [0.25, 0.3) is 0 Å². The van der Waals surface area contributed by atoms with Crippen LogP contribution < -0.4 is 15.5 Å². The van der Waals surface area contributed by atoms with E-state index in [1.165, 1.54) is 0 Å². The molecule has 8 heteroatoms. The number of carbonyl (C=O) groups is 2. The molecular formula is C22H29N5O3. The Morgan fingerprint density at radius 2 is 1.67 bits per heavy atom. The van der Waals surface area contributed by atoms with Gasteiger partial charge in [0.1, 0.15) is 0 Å². The molecule has 0 unspecified atom stereocenters. The van der Waals surface area contributed by atoms with Gasteiger partial charge in [-0.25, -0.2) is 0 Å². The van der Waals surface area contributed by atoms with E-state index >= 15 is 0 Å². The standard InChI is InChI=1S/C22H29N5O3/c1-26(2)19-5-3-18(4-6-19)20(27-11-13-30-14-12-27)16-25-22(29)21(28)24-15-17-7-9-23-10-8-17/h3-10,20H,11-16H2,1-2H3,(H,24,28)(H,25,29)/t20-/m0/s1. The van der Waals surface area contributed by atoms with Gasteiger partial charge in [0, 0.05) is 58.4 Å². The van der Waals surface area contributed by atoms with E-state index in [1.54, 1.807) is 24.5 Å². The lowest BCUT2D eigenvalue weighted by Crippen LogP contribution is -2.46. The van der Waals surface area contributed by atoms with Gasteiger partial charge in [-0.3, -0.25) is 19.5 Å². The normalized spacial score (nSPS) is 15.3. The fraction of sp³-hybridized carbons (Fsp3) is 0.409. The minimum absolute atomic E-state index is 0.0259. The average molecular weight is 412 g/mol. The molecule has 1 aliphatic rings. The van der Waals surface area contributed by atoms with E-state index in [1.807, 2.05) is 19.0 Å². The Bertz CT molecular complexity index is 820. The molecule has 0 bridgehead atoms. The van der Waals surface area contributed by atoms with E-state index in [9.17, 15) is 9.59 Å². The zero-order valence-corrected chi connectivity index (χ0v) is 17.5. The maximum absolute atomic E-state index is 12.3. The summed E-state index contributed by atoms with van der Waals surface area (Å²) >= 11 is 0. The molecule has 1 fully saturated rings. The summed E-state index contributed by atoms with van der Waals surface area (Å²) in [5.41, 5.74) is 3.09. The number of hydrogen-bond acceptors (Lipinski definition) is 6. The summed E-state index contributed by atoms with van der Waals surface area (Å²) in [6, 6.07) is 11.8. The van der Waals surface area contributed by atoms with Crippen LogP contribution in [0.3, 0.4) is 0 Å². The zero-order chi connectivity index (χ0) is 21.3. The number of amides is 2. The molecule has 0 spiro atoms. The Morgan fingerprint density at radius 1 is 1.03 bits per heavy atom. The summed E-state index contributed by atoms with van der Waals surface area (Å²) in [6.45, 7) is 3.52. The minimum atomic E-state index is -0.643. The number of carbonyl (C=O) groups excluding carboxylic acids is 2. The van der Waals surface area contributed by atoms with E-state index in [0.29, 0.717) is 19.8 Å². The van der Waals surface area contributed by atoms with E-state index in [4.69, 9.17) is 4.74 Å². The highest BCUT2D eigenvalue weighted by Crippen LogP contribution is 2.23. The summed E-state index contributed by atoms with van der Waals surface area (Å²) in [4.78, 5) is 32.8. The van der Waals surface area contributed by atoms with Crippen molar-refractivity contribution in [3.05, 3.63) is 59.9 Å². The quantitative estimate of drug-likeness (QED) is 0.660. The highest BCUT2D eigenvalue weighted by atomic mass is 16.5. The van der Waals surface area contributed by atoms with E-state index in [0.717, 1.165) is 29.9 Å². The number of aromatic nitrogens is 1. The third-order valence-electron chi connectivity index (χ3n) is 5.15. The molecule has 1 saturated heterocycles. The summed E-state index contributed by atoms with van der Waals surface area (Å²) < 4.78 is 5.47. The molecule has 3 rings (SSSR count). The van der Waals surface area contributed by atoms with Crippen molar-refractivity contribution in [2.45, 2.75) is 12.6 Å². The SMILES string of the molecule is CN(C)c1ccc([C@H](CNC(=O)C(=O)NCc2ccncc2)N2CCOCC2)cc1. The smallest absolute Gasteiger partial charge is 0.309 e. The van der Waals surface area contributed by atoms with Gasteiger partial charge < -0.3 is 20.3 Å². The van der Waals surface area contributed by atoms with Gasteiger partial charge in [0.2, 0.25) is 0 Å². The number of nitrogens with zero attached hydrogens (tertiary/aromatic N) is 3. The van der Waals surface area contributed by atoms with Crippen molar-refractivity contribution in [2.75, 3.05) is 51.8 Å². The van der Waals surface area contributed by atoms with Crippen LogP contribution in [-0.2, 0) is 20.9 Å². The molecule has 1 aromatic heterocycles. The van der Waals surface area contributed by atoms with Crippen molar-refractivity contribution in [2.24, 2.45) is 0 Å². The van der Waals surface area contributed by atoms with Gasteiger partial charge >= 0.3 is 11.8 Å². The molecule has 2 amide bonds. The van der Waals surface area contributed by atoms with Gasteiger partial charge in [0.15, 0.2) is 0 Å². The number of anilines is 1. The van der Waals surface area contributed by atoms with Crippen LogP contribution in [0.5, 0.6) is 0 Å². The molecular weight excluding hydrogens is 382 g/mol. The number of ether oxygens (including phenoxy) is 1. The predicted octanol–water partition coefficient (Wildman–Crippen LogP) is 0.954. The summed E-state index contributed by atoms with van der Waals surface area (Å²) in [5.74, 6) is -1.28. The first kappa shape index (κ1) is 21.7. The predicted molar refractivity (Wildman–Crippen MR) is 115 cm³/mol. The third-order valence-corrected chi connectivity index (χ3v) is 5.15. The van der Waals surface area contributed by atoms with Crippen LogP contribution in [-0.4, -0.2) is 68.6 Å². The fourth-order valence-corrected chi connectivity index (χ4v) is 3.37. The lowest BCUT2D eigenvalue weighted by molar-refractivity contribution is -0.139. The topological polar surface area (TPSA) is 86.8 Å². The van der Waals surface area contributed by atoms with Crippen LogP contribution in [0, 0.1) is 0 Å². The second kappa shape index (κ2) is 10.7. The van der Waals surface area contributed by atoms with Gasteiger partial charge in [0.05, 0.1) is 19.3 Å². The van der Waals surface area contributed by atoms with Crippen LogP contribution >= 0.6 is 0 Å². The number of nitrogens with one attached hydrogen (secondary N) is 2. The molecule has 30 heavy (non-hydrogen) atoms. The second-order valence-corrected chi connectivity index (χ2v) is 7.40. The van der Waals surface area contributed by atoms with Gasteiger partial charge in [-0.1, -0.05) is 12.1 Å².